The van der Waals surface area contributed by atoms with E-state index in [0.717, 1.165) is 38.4 Å². The second-order valence-corrected chi connectivity index (χ2v) is 8.35. The highest BCUT2D eigenvalue weighted by Crippen LogP contribution is 2.30. The van der Waals surface area contributed by atoms with Crippen molar-refractivity contribution < 1.29 is 13.9 Å². The van der Waals surface area contributed by atoms with E-state index in [1.54, 1.807) is 18.2 Å². The minimum atomic E-state index is -0.378. The molecule has 1 amide bonds. The quantitative estimate of drug-likeness (QED) is 0.634. The molecule has 29 heavy (non-hydrogen) atoms. The first kappa shape index (κ1) is 21.6. The Bertz CT molecular complexity index is 818. The lowest BCUT2D eigenvalue weighted by molar-refractivity contribution is 0.0980. The van der Waals surface area contributed by atoms with Gasteiger partial charge in [0.2, 0.25) is 0 Å². The van der Waals surface area contributed by atoms with Crippen molar-refractivity contribution in [2.24, 2.45) is 5.92 Å². The zero-order valence-electron chi connectivity index (χ0n) is 17.0. The Hall–Kier alpha value is -2.11. The number of piperidine rings is 1. The number of anilines is 1. The summed E-state index contributed by atoms with van der Waals surface area (Å²) < 4.78 is 19.1. The Labute approximate surface area is 177 Å². The average molecular weight is 419 g/mol. The van der Waals surface area contributed by atoms with Crippen molar-refractivity contribution in [2.45, 2.75) is 39.2 Å². The third-order valence-electron chi connectivity index (χ3n) is 5.15. The Morgan fingerprint density at radius 2 is 1.90 bits per heavy atom. The van der Waals surface area contributed by atoms with Crippen LogP contribution in [0.15, 0.2) is 42.5 Å². The van der Waals surface area contributed by atoms with Crippen LogP contribution in [-0.2, 0) is 0 Å². The molecule has 0 radical (unpaired) electrons. The summed E-state index contributed by atoms with van der Waals surface area (Å²) >= 11 is 6.38. The fraction of sp³-hybridized carbons (Fsp3) is 0.435. The van der Waals surface area contributed by atoms with Crippen LogP contribution in [0.25, 0.3) is 0 Å². The fourth-order valence-corrected chi connectivity index (χ4v) is 3.57. The molecule has 1 N–H and O–H groups in total. The van der Waals surface area contributed by atoms with Gasteiger partial charge >= 0.3 is 0 Å². The normalized spacial score (nSPS) is 15.5. The number of carbonyl (C=O) groups excluding carboxylic acids is 1. The van der Waals surface area contributed by atoms with Crippen molar-refractivity contribution in [3.05, 3.63) is 58.9 Å². The number of hydrogen-bond acceptors (Lipinski definition) is 3. The van der Waals surface area contributed by atoms with Crippen LogP contribution in [0.4, 0.5) is 10.1 Å². The van der Waals surface area contributed by atoms with Gasteiger partial charge in [-0.25, -0.2) is 4.39 Å². The molecule has 1 fully saturated rings. The molecular weight excluding hydrogens is 391 g/mol. The molecule has 0 bridgehead atoms. The summed E-state index contributed by atoms with van der Waals surface area (Å²) in [4.78, 5) is 14.7. The SMILES string of the molecule is CC(C)CCN1CCC(Oc2ccc(NC(=O)c3ccc(F)cc3)cc2Cl)CC1. The lowest BCUT2D eigenvalue weighted by Gasteiger charge is -2.32. The fourth-order valence-electron chi connectivity index (χ4n) is 3.35. The Kier molecular flexibility index (Phi) is 7.51. The van der Waals surface area contributed by atoms with E-state index in [1.807, 2.05) is 0 Å². The first-order valence-corrected chi connectivity index (χ1v) is 10.5. The second kappa shape index (κ2) is 10.1. The Balaban J connectivity index is 1.52. The molecule has 0 saturated carbocycles. The number of ether oxygens (including phenoxy) is 1. The molecule has 2 aromatic rings. The van der Waals surface area contributed by atoms with Crippen LogP contribution in [0.5, 0.6) is 5.75 Å². The number of rotatable bonds is 7. The first-order chi connectivity index (χ1) is 13.9. The Morgan fingerprint density at radius 3 is 2.52 bits per heavy atom. The van der Waals surface area contributed by atoms with Gasteiger partial charge in [-0.3, -0.25) is 4.79 Å². The van der Waals surface area contributed by atoms with Crippen molar-refractivity contribution in [3.8, 4) is 5.75 Å². The summed E-state index contributed by atoms with van der Waals surface area (Å²) in [6, 6.07) is 10.6. The third kappa shape index (κ3) is 6.44. The molecule has 0 atom stereocenters. The van der Waals surface area contributed by atoms with Gasteiger partial charge < -0.3 is 15.0 Å². The van der Waals surface area contributed by atoms with Crippen LogP contribution in [0.1, 0.15) is 43.5 Å². The molecule has 1 aliphatic rings. The minimum Gasteiger partial charge on any atom is -0.489 e. The molecule has 0 aliphatic carbocycles. The molecule has 1 heterocycles. The molecule has 4 nitrogen and oxygen atoms in total. The van der Waals surface area contributed by atoms with E-state index < -0.39 is 0 Å². The van der Waals surface area contributed by atoms with Crippen LogP contribution in [0.2, 0.25) is 5.02 Å². The van der Waals surface area contributed by atoms with Gasteiger partial charge in [0, 0.05) is 24.3 Å². The molecule has 1 aliphatic heterocycles. The van der Waals surface area contributed by atoms with Gasteiger partial charge in [-0.15, -0.1) is 0 Å². The van der Waals surface area contributed by atoms with E-state index >= 15 is 0 Å². The number of carbonyl (C=O) groups is 1. The summed E-state index contributed by atoms with van der Waals surface area (Å²) in [5.74, 6) is 0.664. The predicted octanol–water partition coefficient (Wildman–Crippen LogP) is 5.62. The molecule has 2 aromatic carbocycles. The number of nitrogens with zero attached hydrogens (tertiary/aromatic N) is 1. The molecule has 0 aromatic heterocycles. The van der Waals surface area contributed by atoms with Gasteiger partial charge in [-0.2, -0.15) is 0 Å². The number of hydrogen-bond donors (Lipinski definition) is 1. The topological polar surface area (TPSA) is 41.6 Å². The molecule has 0 unspecified atom stereocenters. The van der Waals surface area contributed by atoms with Gasteiger partial charge in [0.05, 0.1) is 5.02 Å². The van der Waals surface area contributed by atoms with Gasteiger partial charge in [-0.1, -0.05) is 25.4 Å². The van der Waals surface area contributed by atoms with Crippen molar-refractivity contribution in [1.29, 1.82) is 0 Å². The average Bonchev–Trinajstić information content (AvgIpc) is 2.70. The monoisotopic (exact) mass is 418 g/mol. The lowest BCUT2D eigenvalue weighted by Crippen LogP contribution is -2.39. The summed E-state index contributed by atoms with van der Waals surface area (Å²) in [5, 5.41) is 3.23. The largest absolute Gasteiger partial charge is 0.489 e. The van der Waals surface area contributed by atoms with Crippen LogP contribution in [0, 0.1) is 11.7 Å². The zero-order chi connectivity index (χ0) is 20.8. The highest BCUT2D eigenvalue weighted by molar-refractivity contribution is 6.32. The zero-order valence-corrected chi connectivity index (χ0v) is 17.7. The van der Waals surface area contributed by atoms with Crippen molar-refractivity contribution in [1.82, 2.24) is 4.90 Å². The van der Waals surface area contributed by atoms with Gasteiger partial charge in [0.25, 0.3) is 5.91 Å². The summed E-state index contributed by atoms with van der Waals surface area (Å²) in [6.45, 7) is 7.74. The molecular formula is C23H28ClFN2O2. The number of benzene rings is 2. The van der Waals surface area contributed by atoms with E-state index in [0.29, 0.717) is 22.0 Å². The third-order valence-corrected chi connectivity index (χ3v) is 5.44. The van der Waals surface area contributed by atoms with E-state index in [-0.39, 0.29) is 17.8 Å². The molecule has 0 spiro atoms. The van der Waals surface area contributed by atoms with Crippen LogP contribution < -0.4 is 10.1 Å². The number of likely N-dealkylation sites (tertiary alicyclic amines) is 1. The lowest BCUT2D eigenvalue weighted by atomic mass is 10.1. The molecule has 1 saturated heterocycles. The second-order valence-electron chi connectivity index (χ2n) is 7.95. The van der Waals surface area contributed by atoms with Crippen molar-refractivity contribution >= 4 is 23.2 Å². The van der Waals surface area contributed by atoms with Gasteiger partial charge in [0.15, 0.2) is 0 Å². The maximum atomic E-state index is 13.0. The predicted molar refractivity (Wildman–Crippen MR) is 115 cm³/mol. The smallest absolute Gasteiger partial charge is 0.255 e. The number of nitrogens with one attached hydrogen (secondary N) is 1. The van der Waals surface area contributed by atoms with E-state index in [9.17, 15) is 9.18 Å². The standard InChI is InChI=1S/C23H28ClFN2O2/c1-16(2)9-12-27-13-10-20(11-14-27)29-22-8-7-19(15-21(22)24)26-23(28)17-3-5-18(25)6-4-17/h3-8,15-16,20H,9-14H2,1-2H3,(H,26,28). The van der Waals surface area contributed by atoms with Crippen molar-refractivity contribution in [3.63, 3.8) is 0 Å². The van der Waals surface area contributed by atoms with E-state index in [4.69, 9.17) is 16.3 Å². The first-order valence-electron chi connectivity index (χ1n) is 10.2. The van der Waals surface area contributed by atoms with Crippen LogP contribution in [-0.4, -0.2) is 36.5 Å². The van der Waals surface area contributed by atoms with E-state index in [2.05, 4.69) is 24.1 Å². The summed E-state index contributed by atoms with van der Waals surface area (Å²) in [6.07, 6.45) is 3.35. The van der Waals surface area contributed by atoms with Crippen LogP contribution >= 0.6 is 11.6 Å². The van der Waals surface area contributed by atoms with Crippen LogP contribution in [0.3, 0.4) is 0 Å². The highest BCUT2D eigenvalue weighted by Gasteiger charge is 2.21. The number of halogens is 2. The summed E-state index contributed by atoms with van der Waals surface area (Å²) in [5.41, 5.74) is 0.951. The highest BCUT2D eigenvalue weighted by atomic mass is 35.5. The minimum absolute atomic E-state index is 0.155. The van der Waals surface area contributed by atoms with Crippen molar-refractivity contribution in [2.75, 3.05) is 25.0 Å². The van der Waals surface area contributed by atoms with Gasteiger partial charge in [-0.05, 0) is 74.2 Å². The molecule has 156 valence electrons. The summed E-state index contributed by atoms with van der Waals surface area (Å²) in [7, 11) is 0. The van der Waals surface area contributed by atoms with E-state index in [1.165, 1.54) is 30.7 Å². The number of amides is 1. The molecule has 3 rings (SSSR count). The maximum absolute atomic E-state index is 13.0. The maximum Gasteiger partial charge on any atom is 0.255 e. The van der Waals surface area contributed by atoms with Gasteiger partial charge in [0.1, 0.15) is 17.7 Å². The molecule has 6 heteroatoms. The Morgan fingerprint density at radius 1 is 1.21 bits per heavy atom.